The number of thioether (sulfide) groups is 1. The third-order valence-corrected chi connectivity index (χ3v) is 5.44. The molecule has 136 valence electrons. The lowest BCUT2D eigenvalue weighted by molar-refractivity contribution is -0.120. The summed E-state index contributed by atoms with van der Waals surface area (Å²) < 4.78 is 11.2. The molecule has 2 N–H and O–H groups in total. The number of furan rings is 1. The van der Waals surface area contributed by atoms with Gasteiger partial charge in [-0.25, -0.2) is 0 Å². The number of nitrogens with zero attached hydrogens (tertiary/aromatic N) is 2. The average molecular weight is 390 g/mol. The smallest absolute Gasteiger partial charge is 0.233 e. The van der Waals surface area contributed by atoms with Crippen LogP contribution in [-0.2, 0) is 11.3 Å². The number of ether oxygens (including phenoxy) is 1. The Hall–Kier alpha value is -2.52. The van der Waals surface area contributed by atoms with Gasteiger partial charge < -0.3 is 19.8 Å². The Labute approximate surface area is 159 Å². The number of aromatic nitrogens is 2. The number of hydrogen-bond donors (Lipinski definition) is 2. The van der Waals surface area contributed by atoms with Gasteiger partial charge in [0.05, 0.1) is 30.9 Å². The molecule has 0 bridgehead atoms. The van der Waals surface area contributed by atoms with Crippen molar-refractivity contribution in [2.24, 2.45) is 0 Å². The van der Waals surface area contributed by atoms with Crippen molar-refractivity contribution >= 4 is 39.8 Å². The molecule has 9 heteroatoms. The van der Waals surface area contributed by atoms with Crippen molar-refractivity contribution in [3.05, 3.63) is 48.4 Å². The molecule has 3 aromatic rings. The van der Waals surface area contributed by atoms with E-state index in [2.05, 4.69) is 20.8 Å². The Balaban J connectivity index is 1.55. The van der Waals surface area contributed by atoms with Gasteiger partial charge in [-0.3, -0.25) is 4.79 Å². The molecule has 1 atom stereocenters. The summed E-state index contributed by atoms with van der Waals surface area (Å²) in [5, 5.41) is 14.6. The van der Waals surface area contributed by atoms with Gasteiger partial charge in [0.1, 0.15) is 11.5 Å². The molecule has 2 heterocycles. The maximum atomic E-state index is 12.2. The lowest BCUT2D eigenvalue weighted by Crippen LogP contribution is -2.30. The molecule has 0 aliphatic heterocycles. The minimum absolute atomic E-state index is 0.0826. The molecule has 0 fully saturated rings. The SMILES string of the molecule is COc1ccccc1Nc1nnc(S[C@@H](C)C(=O)NCc2ccco2)s1. The van der Waals surface area contributed by atoms with Crippen LogP contribution in [0.3, 0.4) is 0 Å². The van der Waals surface area contributed by atoms with Gasteiger partial charge >= 0.3 is 0 Å². The molecule has 1 aromatic carbocycles. The maximum Gasteiger partial charge on any atom is 0.233 e. The number of carbonyl (C=O) groups excluding carboxylic acids is 1. The van der Waals surface area contributed by atoms with Crippen molar-refractivity contribution in [2.45, 2.75) is 23.1 Å². The second-order valence-electron chi connectivity index (χ2n) is 5.26. The van der Waals surface area contributed by atoms with Gasteiger partial charge in [0.25, 0.3) is 0 Å². The summed E-state index contributed by atoms with van der Waals surface area (Å²) in [5.74, 6) is 1.36. The van der Waals surface area contributed by atoms with Gasteiger partial charge in [-0.1, -0.05) is 35.2 Å². The van der Waals surface area contributed by atoms with E-state index in [0.717, 1.165) is 17.2 Å². The standard InChI is InChI=1S/C17H18N4O3S2/c1-11(15(22)18-10-12-6-5-9-24-12)25-17-21-20-16(26-17)19-13-7-3-4-8-14(13)23-2/h3-9,11H,10H2,1-2H3,(H,18,22)(H,19,20)/t11-/m0/s1. The van der Waals surface area contributed by atoms with Crippen LogP contribution < -0.4 is 15.4 Å². The van der Waals surface area contributed by atoms with E-state index in [1.165, 1.54) is 23.1 Å². The minimum Gasteiger partial charge on any atom is -0.495 e. The van der Waals surface area contributed by atoms with E-state index in [-0.39, 0.29) is 11.2 Å². The molecule has 3 rings (SSSR count). The van der Waals surface area contributed by atoms with Crippen LogP contribution in [0.1, 0.15) is 12.7 Å². The fourth-order valence-corrected chi connectivity index (χ4v) is 4.04. The van der Waals surface area contributed by atoms with E-state index in [4.69, 9.17) is 9.15 Å². The highest BCUT2D eigenvalue weighted by Crippen LogP contribution is 2.32. The zero-order chi connectivity index (χ0) is 18.4. The quantitative estimate of drug-likeness (QED) is 0.567. The Morgan fingerprint density at radius 1 is 1.31 bits per heavy atom. The molecule has 7 nitrogen and oxygen atoms in total. The Morgan fingerprint density at radius 3 is 2.92 bits per heavy atom. The van der Waals surface area contributed by atoms with E-state index >= 15 is 0 Å². The Bertz CT molecular complexity index is 851. The molecule has 0 saturated carbocycles. The summed E-state index contributed by atoms with van der Waals surface area (Å²) in [6.45, 7) is 2.20. The number of methoxy groups -OCH3 is 1. The summed E-state index contributed by atoms with van der Waals surface area (Å²) in [4.78, 5) is 12.2. The van der Waals surface area contributed by atoms with Crippen LogP contribution in [0.2, 0.25) is 0 Å². The van der Waals surface area contributed by atoms with Crippen molar-refractivity contribution in [3.8, 4) is 5.75 Å². The average Bonchev–Trinajstić information content (AvgIpc) is 3.32. The van der Waals surface area contributed by atoms with Gasteiger partial charge in [-0.15, -0.1) is 10.2 Å². The van der Waals surface area contributed by atoms with Crippen LogP contribution in [0.25, 0.3) is 0 Å². The first kappa shape index (κ1) is 18.3. The van der Waals surface area contributed by atoms with Crippen LogP contribution in [0.4, 0.5) is 10.8 Å². The second kappa shape index (κ2) is 8.72. The zero-order valence-electron chi connectivity index (χ0n) is 14.3. The van der Waals surface area contributed by atoms with Crippen LogP contribution in [0, 0.1) is 0 Å². The van der Waals surface area contributed by atoms with Crippen LogP contribution in [-0.4, -0.2) is 28.5 Å². The zero-order valence-corrected chi connectivity index (χ0v) is 15.9. The molecule has 0 spiro atoms. The third-order valence-electron chi connectivity index (χ3n) is 3.42. The van der Waals surface area contributed by atoms with Crippen molar-refractivity contribution in [3.63, 3.8) is 0 Å². The molecule has 0 aliphatic rings. The number of anilines is 2. The highest BCUT2D eigenvalue weighted by molar-refractivity contribution is 8.02. The summed E-state index contributed by atoms with van der Waals surface area (Å²) >= 11 is 2.75. The van der Waals surface area contributed by atoms with Crippen LogP contribution in [0.15, 0.2) is 51.4 Å². The minimum atomic E-state index is -0.294. The van der Waals surface area contributed by atoms with Crippen molar-refractivity contribution in [1.29, 1.82) is 0 Å². The molecule has 2 aromatic heterocycles. The monoisotopic (exact) mass is 390 g/mol. The number of carbonyl (C=O) groups is 1. The number of amides is 1. The first-order valence-electron chi connectivity index (χ1n) is 7.86. The van der Waals surface area contributed by atoms with Crippen molar-refractivity contribution in [2.75, 3.05) is 12.4 Å². The lowest BCUT2D eigenvalue weighted by atomic mass is 10.3. The van der Waals surface area contributed by atoms with Gasteiger partial charge in [-0.05, 0) is 31.2 Å². The van der Waals surface area contributed by atoms with Crippen molar-refractivity contribution in [1.82, 2.24) is 15.5 Å². The predicted molar refractivity (Wildman–Crippen MR) is 102 cm³/mol. The molecule has 0 unspecified atom stereocenters. The maximum absolute atomic E-state index is 12.2. The number of para-hydroxylation sites is 2. The van der Waals surface area contributed by atoms with E-state index in [0.29, 0.717) is 16.0 Å². The van der Waals surface area contributed by atoms with Crippen LogP contribution in [0.5, 0.6) is 5.75 Å². The number of nitrogens with one attached hydrogen (secondary N) is 2. The molecule has 1 amide bonds. The summed E-state index contributed by atoms with van der Waals surface area (Å²) in [7, 11) is 1.62. The van der Waals surface area contributed by atoms with E-state index in [9.17, 15) is 4.79 Å². The highest BCUT2D eigenvalue weighted by atomic mass is 32.2. The third kappa shape index (κ3) is 4.77. The number of hydrogen-bond acceptors (Lipinski definition) is 8. The van der Waals surface area contributed by atoms with Gasteiger partial charge in [0, 0.05) is 0 Å². The second-order valence-corrected chi connectivity index (χ2v) is 7.82. The fourth-order valence-electron chi connectivity index (χ4n) is 2.11. The van der Waals surface area contributed by atoms with E-state index < -0.39 is 0 Å². The molecular weight excluding hydrogens is 372 g/mol. The lowest BCUT2D eigenvalue weighted by Gasteiger charge is -2.09. The molecule has 0 saturated heterocycles. The molecule has 0 radical (unpaired) electrons. The van der Waals surface area contributed by atoms with E-state index in [1.54, 1.807) is 19.4 Å². The fraction of sp³-hybridized carbons (Fsp3) is 0.235. The summed E-state index contributed by atoms with van der Waals surface area (Å²) in [6.07, 6.45) is 1.58. The number of benzene rings is 1. The number of rotatable bonds is 8. The highest BCUT2D eigenvalue weighted by Gasteiger charge is 2.17. The summed E-state index contributed by atoms with van der Waals surface area (Å²) in [5.41, 5.74) is 0.812. The van der Waals surface area contributed by atoms with E-state index in [1.807, 2.05) is 37.3 Å². The van der Waals surface area contributed by atoms with Gasteiger partial charge in [-0.2, -0.15) is 0 Å². The normalized spacial score (nSPS) is 11.8. The predicted octanol–water partition coefficient (Wildman–Crippen LogP) is 3.68. The Morgan fingerprint density at radius 2 is 2.15 bits per heavy atom. The van der Waals surface area contributed by atoms with Gasteiger partial charge in [0.2, 0.25) is 11.0 Å². The largest absolute Gasteiger partial charge is 0.495 e. The Kier molecular flexibility index (Phi) is 6.13. The topological polar surface area (TPSA) is 89.3 Å². The molecule has 0 aliphatic carbocycles. The molecular formula is C17H18N4O3S2. The summed E-state index contributed by atoms with van der Waals surface area (Å²) in [6, 6.07) is 11.2. The van der Waals surface area contributed by atoms with Crippen LogP contribution >= 0.6 is 23.1 Å². The first-order valence-corrected chi connectivity index (χ1v) is 9.55. The van der Waals surface area contributed by atoms with Crippen molar-refractivity contribution < 1.29 is 13.9 Å². The first-order chi connectivity index (χ1) is 12.7. The van der Waals surface area contributed by atoms with Gasteiger partial charge in [0.15, 0.2) is 4.34 Å². The molecule has 26 heavy (non-hydrogen) atoms.